The zero-order valence-electron chi connectivity index (χ0n) is 10.8. The number of hydrogen-bond donors (Lipinski definition) is 1. The van der Waals surface area contributed by atoms with Gasteiger partial charge >= 0.3 is 0 Å². The first-order valence-electron chi connectivity index (χ1n) is 7.12. The maximum atomic E-state index is 9.81. The first-order chi connectivity index (χ1) is 7.83. The van der Waals surface area contributed by atoms with Gasteiger partial charge in [0.1, 0.15) is 0 Å². The molecule has 0 saturated carbocycles. The van der Waals surface area contributed by atoms with Gasteiger partial charge in [-0.3, -0.25) is 0 Å². The van der Waals surface area contributed by atoms with Crippen LogP contribution in [0.4, 0.5) is 0 Å². The predicted octanol–water partition coefficient (Wildman–Crippen LogP) is 3.67. The fourth-order valence-corrected chi connectivity index (χ4v) is 2.38. The summed E-state index contributed by atoms with van der Waals surface area (Å²) in [7, 11) is 0. The van der Waals surface area contributed by atoms with Crippen molar-refractivity contribution in [3.05, 3.63) is 0 Å². The van der Waals surface area contributed by atoms with Gasteiger partial charge in [-0.1, -0.05) is 39.0 Å². The maximum Gasteiger partial charge on any atom is 0.0577 e. The molecule has 0 amide bonds. The van der Waals surface area contributed by atoms with Crippen LogP contribution in [0.2, 0.25) is 0 Å². The van der Waals surface area contributed by atoms with Gasteiger partial charge in [0, 0.05) is 6.61 Å². The molecule has 0 aromatic rings. The maximum absolute atomic E-state index is 9.81. The standard InChI is InChI=1S/C14H28O2/c1-2-3-4-5-6-8-13(15)10-11-14-9-7-12-16-14/h13-15H,2-12H2,1H3. The van der Waals surface area contributed by atoms with Gasteiger partial charge in [0.15, 0.2) is 0 Å². The lowest BCUT2D eigenvalue weighted by molar-refractivity contribution is 0.0782. The van der Waals surface area contributed by atoms with E-state index in [0.29, 0.717) is 6.10 Å². The number of aliphatic hydroxyl groups excluding tert-OH is 1. The Balaban J connectivity index is 1.87. The van der Waals surface area contributed by atoms with E-state index in [-0.39, 0.29) is 6.10 Å². The van der Waals surface area contributed by atoms with Crippen LogP contribution in [0.3, 0.4) is 0 Å². The Hall–Kier alpha value is -0.0800. The zero-order valence-corrected chi connectivity index (χ0v) is 10.8. The molecule has 0 bridgehead atoms. The molecule has 2 nitrogen and oxygen atoms in total. The largest absolute Gasteiger partial charge is 0.393 e. The molecule has 16 heavy (non-hydrogen) atoms. The van der Waals surface area contributed by atoms with Gasteiger partial charge in [0.05, 0.1) is 12.2 Å². The Morgan fingerprint density at radius 1 is 1.19 bits per heavy atom. The molecule has 0 aromatic heterocycles. The lowest BCUT2D eigenvalue weighted by Gasteiger charge is -2.13. The van der Waals surface area contributed by atoms with E-state index in [1.807, 2.05) is 0 Å². The summed E-state index contributed by atoms with van der Waals surface area (Å²) >= 11 is 0. The topological polar surface area (TPSA) is 29.5 Å². The quantitative estimate of drug-likeness (QED) is 0.610. The average molecular weight is 228 g/mol. The van der Waals surface area contributed by atoms with E-state index >= 15 is 0 Å². The zero-order chi connectivity index (χ0) is 11.6. The Morgan fingerprint density at radius 3 is 2.69 bits per heavy atom. The number of ether oxygens (including phenoxy) is 1. The first-order valence-corrected chi connectivity index (χ1v) is 7.12. The van der Waals surface area contributed by atoms with Gasteiger partial charge in [-0.25, -0.2) is 0 Å². The molecule has 1 heterocycles. The van der Waals surface area contributed by atoms with Gasteiger partial charge < -0.3 is 9.84 Å². The molecular weight excluding hydrogens is 200 g/mol. The minimum absolute atomic E-state index is 0.0918. The Bertz CT molecular complexity index is 153. The number of unbranched alkanes of at least 4 members (excludes halogenated alkanes) is 4. The van der Waals surface area contributed by atoms with E-state index in [9.17, 15) is 5.11 Å². The second-order valence-electron chi connectivity index (χ2n) is 5.07. The third kappa shape index (κ3) is 6.49. The Labute approximate surface area is 100 Å². The molecular formula is C14H28O2. The summed E-state index contributed by atoms with van der Waals surface area (Å²) in [5.41, 5.74) is 0. The van der Waals surface area contributed by atoms with Crippen LogP contribution in [0.5, 0.6) is 0 Å². The summed E-state index contributed by atoms with van der Waals surface area (Å²) in [6.45, 7) is 3.16. The fourth-order valence-electron chi connectivity index (χ4n) is 2.38. The molecule has 0 aliphatic carbocycles. The summed E-state index contributed by atoms with van der Waals surface area (Å²) in [6, 6.07) is 0. The molecule has 1 fully saturated rings. The third-order valence-electron chi connectivity index (χ3n) is 3.49. The summed E-state index contributed by atoms with van der Waals surface area (Å²) < 4.78 is 5.55. The summed E-state index contributed by atoms with van der Waals surface area (Å²) in [5, 5.41) is 9.81. The van der Waals surface area contributed by atoms with Crippen molar-refractivity contribution < 1.29 is 9.84 Å². The van der Waals surface area contributed by atoms with E-state index in [1.54, 1.807) is 0 Å². The molecule has 0 spiro atoms. The third-order valence-corrected chi connectivity index (χ3v) is 3.49. The number of hydrogen-bond acceptors (Lipinski definition) is 2. The van der Waals surface area contributed by atoms with Crippen LogP contribution < -0.4 is 0 Å². The smallest absolute Gasteiger partial charge is 0.0577 e. The molecule has 2 heteroatoms. The molecule has 0 aromatic carbocycles. The van der Waals surface area contributed by atoms with Crippen molar-refractivity contribution in [2.45, 2.75) is 83.3 Å². The lowest BCUT2D eigenvalue weighted by atomic mass is 10.0. The molecule has 1 N–H and O–H groups in total. The number of aliphatic hydroxyl groups is 1. The van der Waals surface area contributed by atoms with Crippen LogP contribution in [0.25, 0.3) is 0 Å². The summed E-state index contributed by atoms with van der Waals surface area (Å²) in [5.74, 6) is 0. The van der Waals surface area contributed by atoms with Crippen molar-refractivity contribution in [2.24, 2.45) is 0 Å². The van der Waals surface area contributed by atoms with Crippen molar-refractivity contribution in [3.8, 4) is 0 Å². The van der Waals surface area contributed by atoms with Gasteiger partial charge in [0.25, 0.3) is 0 Å². The van der Waals surface area contributed by atoms with Crippen molar-refractivity contribution in [2.75, 3.05) is 6.61 Å². The highest BCUT2D eigenvalue weighted by Gasteiger charge is 2.16. The van der Waals surface area contributed by atoms with E-state index in [2.05, 4.69) is 6.92 Å². The lowest BCUT2D eigenvalue weighted by Crippen LogP contribution is -2.12. The van der Waals surface area contributed by atoms with Gasteiger partial charge in [0.2, 0.25) is 0 Å². The molecule has 1 aliphatic heterocycles. The molecule has 2 atom stereocenters. The highest BCUT2D eigenvalue weighted by Crippen LogP contribution is 2.19. The number of rotatable bonds is 9. The highest BCUT2D eigenvalue weighted by atomic mass is 16.5. The monoisotopic (exact) mass is 228 g/mol. The summed E-state index contributed by atoms with van der Waals surface area (Å²) in [6.07, 6.45) is 12.1. The summed E-state index contributed by atoms with van der Waals surface area (Å²) in [4.78, 5) is 0. The van der Waals surface area contributed by atoms with Crippen LogP contribution in [0.1, 0.15) is 71.1 Å². The van der Waals surface area contributed by atoms with E-state index in [1.165, 1.54) is 44.9 Å². The fraction of sp³-hybridized carbons (Fsp3) is 1.00. The van der Waals surface area contributed by atoms with Crippen LogP contribution in [0.15, 0.2) is 0 Å². The minimum Gasteiger partial charge on any atom is -0.393 e. The molecule has 0 radical (unpaired) electrons. The first kappa shape index (κ1) is 14.0. The highest BCUT2D eigenvalue weighted by molar-refractivity contribution is 4.67. The van der Waals surface area contributed by atoms with Gasteiger partial charge in [-0.2, -0.15) is 0 Å². The van der Waals surface area contributed by atoms with Crippen molar-refractivity contribution in [1.29, 1.82) is 0 Å². The van der Waals surface area contributed by atoms with Crippen molar-refractivity contribution >= 4 is 0 Å². The Morgan fingerprint density at radius 2 is 2.00 bits per heavy atom. The minimum atomic E-state index is -0.0918. The van der Waals surface area contributed by atoms with Crippen molar-refractivity contribution in [3.63, 3.8) is 0 Å². The normalized spacial score (nSPS) is 22.5. The van der Waals surface area contributed by atoms with Gasteiger partial charge in [-0.15, -0.1) is 0 Å². The Kier molecular flexibility index (Phi) is 7.87. The van der Waals surface area contributed by atoms with Gasteiger partial charge in [-0.05, 0) is 32.1 Å². The second-order valence-corrected chi connectivity index (χ2v) is 5.07. The van der Waals surface area contributed by atoms with Crippen LogP contribution in [0, 0.1) is 0 Å². The van der Waals surface area contributed by atoms with Crippen LogP contribution in [-0.4, -0.2) is 23.9 Å². The van der Waals surface area contributed by atoms with E-state index in [0.717, 1.165) is 25.9 Å². The van der Waals surface area contributed by atoms with E-state index in [4.69, 9.17) is 4.74 Å². The molecule has 1 aliphatic rings. The predicted molar refractivity (Wildman–Crippen MR) is 67.6 cm³/mol. The second kappa shape index (κ2) is 9.00. The molecule has 96 valence electrons. The molecule has 1 rings (SSSR count). The van der Waals surface area contributed by atoms with Crippen molar-refractivity contribution in [1.82, 2.24) is 0 Å². The van der Waals surface area contributed by atoms with Crippen LogP contribution >= 0.6 is 0 Å². The van der Waals surface area contributed by atoms with Crippen LogP contribution in [-0.2, 0) is 4.74 Å². The average Bonchev–Trinajstić information content (AvgIpc) is 2.79. The SMILES string of the molecule is CCCCCCCC(O)CCC1CCCO1. The molecule has 1 saturated heterocycles. The molecule has 2 unspecified atom stereocenters. The van der Waals surface area contributed by atoms with E-state index < -0.39 is 0 Å².